The highest BCUT2D eigenvalue weighted by Crippen LogP contribution is 2.52. The molecule has 4 unspecified atom stereocenters. The summed E-state index contributed by atoms with van der Waals surface area (Å²) in [6, 6.07) is 6.03. The molecule has 0 radical (unpaired) electrons. The molecule has 0 aromatic heterocycles. The average Bonchev–Trinajstić information content (AvgIpc) is 3.40. The lowest BCUT2D eigenvalue weighted by Crippen LogP contribution is -2.43. The van der Waals surface area contributed by atoms with Gasteiger partial charge in [0.1, 0.15) is 5.75 Å². The van der Waals surface area contributed by atoms with Gasteiger partial charge >= 0.3 is 0 Å². The Labute approximate surface area is 171 Å². The Morgan fingerprint density at radius 3 is 2.45 bits per heavy atom. The number of hydrogen-bond donors (Lipinski definition) is 2. The predicted octanol–water partition coefficient (Wildman–Crippen LogP) is 1.48. The Hall–Kier alpha value is -2.83. The van der Waals surface area contributed by atoms with Gasteiger partial charge in [0.05, 0.1) is 18.9 Å². The van der Waals surface area contributed by atoms with Crippen LogP contribution in [0.2, 0.25) is 0 Å². The molecule has 2 fully saturated rings. The van der Waals surface area contributed by atoms with Crippen LogP contribution < -0.4 is 15.4 Å². The van der Waals surface area contributed by atoms with Crippen molar-refractivity contribution >= 4 is 17.8 Å². The highest BCUT2D eigenvalue weighted by molar-refractivity contribution is 6.06. The lowest BCUT2D eigenvalue weighted by Gasteiger charge is -2.18. The maximum absolute atomic E-state index is 12.7. The van der Waals surface area contributed by atoms with Gasteiger partial charge in [-0.2, -0.15) is 0 Å². The molecule has 2 amide bonds. The number of allylic oxidation sites excluding steroid dienone is 2. The van der Waals surface area contributed by atoms with Crippen molar-refractivity contribution in [2.75, 3.05) is 27.2 Å². The first-order valence-corrected chi connectivity index (χ1v) is 10.1. The fourth-order valence-electron chi connectivity index (χ4n) is 4.93. The molecule has 3 aliphatic rings. The van der Waals surface area contributed by atoms with Crippen LogP contribution in [0.1, 0.15) is 17.5 Å². The van der Waals surface area contributed by atoms with E-state index in [4.69, 9.17) is 4.74 Å². The van der Waals surface area contributed by atoms with Crippen LogP contribution in [0.4, 0.5) is 0 Å². The zero-order chi connectivity index (χ0) is 20.5. The van der Waals surface area contributed by atoms with Gasteiger partial charge < -0.3 is 15.4 Å². The normalized spacial score (nSPS) is 27.6. The Balaban J connectivity index is 1.27. The number of aliphatic imine (C=N–C) groups is 1. The molecule has 1 aromatic carbocycles. The van der Waals surface area contributed by atoms with Crippen molar-refractivity contribution in [1.82, 2.24) is 15.5 Å². The number of guanidine groups is 1. The Bertz CT molecular complexity index is 849. The second-order valence-electron chi connectivity index (χ2n) is 7.98. The number of amides is 2. The lowest BCUT2D eigenvalue weighted by molar-refractivity contribution is -0.140. The monoisotopic (exact) mass is 396 g/mol. The van der Waals surface area contributed by atoms with E-state index in [-0.39, 0.29) is 35.5 Å². The summed E-state index contributed by atoms with van der Waals surface area (Å²) < 4.78 is 5.29. The van der Waals surface area contributed by atoms with Gasteiger partial charge in [-0.05, 0) is 42.4 Å². The number of carbonyl (C=O) groups is 2. The van der Waals surface area contributed by atoms with Gasteiger partial charge in [0.25, 0.3) is 0 Å². The molecule has 1 heterocycles. The van der Waals surface area contributed by atoms with Gasteiger partial charge in [-0.25, -0.2) is 0 Å². The third kappa shape index (κ3) is 3.50. The van der Waals surface area contributed by atoms with E-state index in [0.717, 1.165) is 23.3 Å². The van der Waals surface area contributed by atoms with Crippen LogP contribution in [0.25, 0.3) is 0 Å². The maximum atomic E-state index is 12.7. The second kappa shape index (κ2) is 7.89. The first-order valence-electron chi connectivity index (χ1n) is 10.1. The van der Waals surface area contributed by atoms with Crippen molar-refractivity contribution in [1.29, 1.82) is 0 Å². The molecule has 1 saturated heterocycles. The third-order valence-electron chi connectivity index (χ3n) is 6.33. The second-order valence-corrected chi connectivity index (χ2v) is 7.98. The van der Waals surface area contributed by atoms with E-state index < -0.39 is 0 Å². The first-order chi connectivity index (χ1) is 14.0. The largest absolute Gasteiger partial charge is 0.496 e. The van der Waals surface area contributed by atoms with Gasteiger partial charge in [0, 0.05) is 26.7 Å². The highest BCUT2D eigenvalue weighted by Gasteiger charge is 2.58. The number of benzene rings is 1. The molecule has 1 saturated carbocycles. The van der Waals surface area contributed by atoms with Gasteiger partial charge in [0.15, 0.2) is 5.96 Å². The van der Waals surface area contributed by atoms with Crippen molar-refractivity contribution in [3.63, 3.8) is 0 Å². The molecule has 2 aliphatic carbocycles. The summed E-state index contributed by atoms with van der Waals surface area (Å²) >= 11 is 0. The predicted molar refractivity (Wildman–Crippen MR) is 110 cm³/mol. The van der Waals surface area contributed by atoms with Crippen LogP contribution in [-0.2, 0) is 16.1 Å². The number of nitrogens with one attached hydrogen (secondary N) is 2. The fourth-order valence-corrected chi connectivity index (χ4v) is 4.93. The van der Waals surface area contributed by atoms with Crippen LogP contribution >= 0.6 is 0 Å². The summed E-state index contributed by atoms with van der Waals surface area (Å²) in [6.45, 7) is 3.47. The molecule has 1 aromatic rings. The molecule has 7 nitrogen and oxygen atoms in total. The zero-order valence-corrected chi connectivity index (χ0v) is 17.1. The van der Waals surface area contributed by atoms with Crippen molar-refractivity contribution < 1.29 is 14.3 Å². The molecule has 4 atom stereocenters. The van der Waals surface area contributed by atoms with Gasteiger partial charge in [-0.15, -0.1) is 0 Å². The zero-order valence-electron chi connectivity index (χ0n) is 17.1. The van der Waals surface area contributed by atoms with Crippen LogP contribution in [0.3, 0.4) is 0 Å². The molecule has 1 aliphatic heterocycles. The van der Waals surface area contributed by atoms with Crippen molar-refractivity contribution in [2.45, 2.75) is 19.9 Å². The molecular weight excluding hydrogens is 368 g/mol. The molecule has 4 rings (SSSR count). The SMILES string of the molecule is CN=C(NCCN1C(=O)C2C3C=CC(C3)C2C1=O)NCc1ccc(OC)c(C)c1. The number of methoxy groups -OCH3 is 1. The summed E-state index contributed by atoms with van der Waals surface area (Å²) in [5, 5.41) is 6.46. The van der Waals surface area contributed by atoms with Gasteiger partial charge in [-0.3, -0.25) is 19.5 Å². The summed E-state index contributed by atoms with van der Waals surface area (Å²) in [4.78, 5) is 31.1. The van der Waals surface area contributed by atoms with E-state index in [1.54, 1.807) is 14.2 Å². The maximum Gasteiger partial charge on any atom is 0.233 e. The van der Waals surface area contributed by atoms with E-state index in [9.17, 15) is 9.59 Å². The van der Waals surface area contributed by atoms with Crippen molar-refractivity contribution in [2.24, 2.45) is 28.7 Å². The molecule has 2 N–H and O–H groups in total. The number of likely N-dealkylation sites (tertiary alicyclic amines) is 1. The van der Waals surface area contributed by atoms with Gasteiger partial charge in [-0.1, -0.05) is 24.3 Å². The number of fused-ring (bicyclic) bond motifs is 5. The summed E-state index contributed by atoms with van der Waals surface area (Å²) in [5.74, 6) is 1.74. The van der Waals surface area contributed by atoms with Crippen molar-refractivity contribution in [3.05, 3.63) is 41.5 Å². The van der Waals surface area contributed by atoms with Crippen LogP contribution in [-0.4, -0.2) is 49.9 Å². The lowest BCUT2D eigenvalue weighted by atomic mass is 9.85. The van der Waals surface area contributed by atoms with Crippen LogP contribution in [0.5, 0.6) is 5.75 Å². The minimum atomic E-state index is -0.131. The average molecular weight is 396 g/mol. The number of rotatable bonds is 6. The van der Waals surface area contributed by atoms with E-state index >= 15 is 0 Å². The third-order valence-corrected chi connectivity index (χ3v) is 6.33. The Morgan fingerprint density at radius 2 is 1.86 bits per heavy atom. The van der Waals surface area contributed by atoms with E-state index in [1.807, 2.05) is 19.1 Å². The molecule has 29 heavy (non-hydrogen) atoms. The molecule has 154 valence electrons. The minimum absolute atomic E-state index is 0.00435. The standard InChI is InChI=1S/C22H28N4O3/c1-13-10-14(4-7-17(13)29-3)12-25-22(23-2)24-8-9-26-20(27)18-15-5-6-16(11-15)19(18)21(26)28/h4-7,10,15-16,18-19H,8-9,11-12H2,1-3H3,(H2,23,24,25). The van der Waals surface area contributed by atoms with Crippen LogP contribution in [0, 0.1) is 30.6 Å². The smallest absolute Gasteiger partial charge is 0.233 e. The Morgan fingerprint density at radius 1 is 1.17 bits per heavy atom. The first kappa shape index (κ1) is 19.5. The molecule has 0 spiro atoms. The summed E-state index contributed by atoms with van der Waals surface area (Å²) in [5.41, 5.74) is 2.20. The van der Waals surface area contributed by atoms with Gasteiger partial charge in [0.2, 0.25) is 11.8 Å². The number of imide groups is 1. The minimum Gasteiger partial charge on any atom is -0.496 e. The molecular formula is C22H28N4O3. The quantitative estimate of drug-likeness (QED) is 0.329. The number of nitrogens with zero attached hydrogens (tertiary/aromatic N) is 2. The highest BCUT2D eigenvalue weighted by atomic mass is 16.5. The van der Waals surface area contributed by atoms with E-state index in [2.05, 4.69) is 33.8 Å². The molecule has 7 heteroatoms. The summed E-state index contributed by atoms with van der Waals surface area (Å²) in [6.07, 6.45) is 5.19. The molecule has 2 bridgehead atoms. The van der Waals surface area contributed by atoms with E-state index in [1.165, 1.54) is 4.90 Å². The fraction of sp³-hybridized carbons (Fsp3) is 0.500. The topological polar surface area (TPSA) is 83.0 Å². The Kier molecular flexibility index (Phi) is 5.30. The summed E-state index contributed by atoms with van der Waals surface area (Å²) in [7, 11) is 3.37. The number of hydrogen-bond acceptors (Lipinski definition) is 4. The number of aryl methyl sites for hydroxylation is 1. The van der Waals surface area contributed by atoms with E-state index in [0.29, 0.717) is 25.6 Å². The number of carbonyl (C=O) groups excluding carboxylic acids is 2. The number of ether oxygens (including phenoxy) is 1. The van der Waals surface area contributed by atoms with Crippen molar-refractivity contribution in [3.8, 4) is 5.75 Å². The van der Waals surface area contributed by atoms with Crippen LogP contribution in [0.15, 0.2) is 35.3 Å².